The number of amidine groups is 1. The Kier molecular flexibility index (Phi) is 3.67. The number of fused-ring (bicyclic) bond motifs is 1. The second kappa shape index (κ2) is 5.24. The minimum atomic E-state index is -1.54. The summed E-state index contributed by atoms with van der Waals surface area (Å²) in [5, 5.41) is 25.0. The molecule has 5 N–H and O–H groups in total. The number of aromatic nitrogens is 2. The lowest BCUT2D eigenvalue weighted by Gasteiger charge is -2.25. The number of azide groups is 1. The molecule has 0 fully saturated rings. The molecule has 10 nitrogen and oxygen atoms in total. The first-order chi connectivity index (χ1) is 9.08. The van der Waals surface area contributed by atoms with Gasteiger partial charge in [0.2, 0.25) is 0 Å². The molecule has 0 saturated heterocycles. The highest BCUT2D eigenvalue weighted by atomic mass is 16.5. The molecule has 0 amide bonds. The van der Waals surface area contributed by atoms with E-state index in [1.807, 2.05) is 6.92 Å². The number of nitrogens with zero attached hydrogens (tertiary/aromatic N) is 6. The molecule has 2 heterocycles. The maximum atomic E-state index is 9.36. The van der Waals surface area contributed by atoms with Gasteiger partial charge in [-0.3, -0.25) is 5.73 Å². The van der Waals surface area contributed by atoms with Crippen LogP contribution in [0.5, 0.6) is 0 Å². The topological polar surface area (TPSA) is 157 Å². The van der Waals surface area contributed by atoms with Gasteiger partial charge in [0.15, 0.2) is 18.4 Å². The highest BCUT2D eigenvalue weighted by Gasteiger charge is 2.27. The lowest BCUT2D eigenvalue weighted by atomic mass is 10.2. The van der Waals surface area contributed by atoms with Crippen molar-refractivity contribution in [2.24, 2.45) is 15.8 Å². The quantitative estimate of drug-likeness (QED) is 0.259. The molecule has 2 atom stereocenters. The van der Waals surface area contributed by atoms with E-state index >= 15 is 0 Å². The normalized spacial score (nSPS) is 19.2. The summed E-state index contributed by atoms with van der Waals surface area (Å²) in [6, 6.07) is -0.582. The fraction of sp³-hybridized carbons (Fsp3) is 0.556. The molecule has 2 unspecified atom stereocenters. The Balaban J connectivity index is 2.48. The molecule has 0 radical (unpaired) electrons. The first-order valence-electron chi connectivity index (χ1n) is 5.66. The molecule has 0 aliphatic carbocycles. The fourth-order valence-corrected chi connectivity index (χ4v) is 1.95. The number of imidazole rings is 1. The number of hydrogen-bond acceptors (Lipinski definition) is 7. The van der Waals surface area contributed by atoms with Crippen LogP contribution >= 0.6 is 0 Å². The maximum absolute atomic E-state index is 9.36. The molecule has 0 bridgehead atoms. The van der Waals surface area contributed by atoms with Crippen LogP contribution in [0.3, 0.4) is 0 Å². The van der Waals surface area contributed by atoms with E-state index in [4.69, 9.17) is 11.3 Å². The van der Waals surface area contributed by atoms with Gasteiger partial charge in [0.25, 0.3) is 0 Å². The van der Waals surface area contributed by atoms with Crippen molar-refractivity contribution >= 4 is 11.7 Å². The van der Waals surface area contributed by atoms with E-state index < -0.39 is 18.6 Å². The summed E-state index contributed by atoms with van der Waals surface area (Å²) in [6.07, 6.45) is -0.420. The van der Waals surface area contributed by atoms with Crippen molar-refractivity contribution in [2.45, 2.75) is 32.0 Å². The number of anilines is 1. The van der Waals surface area contributed by atoms with Crippen LogP contribution in [0.1, 0.15) is 25.1 Å². The number of aliphatic hydroxyl groups excluding tert-OH is 1. The van der Waals surface area contributed by atoms with Crippen LogP contribution in [0.15, 0.2) is 16.4 Å². The molecular formula is C9H14N8O2. The summed E-state index contributed by atoms with van der Waals surface area (Å²) < 4.78 is 1.54. The monoisotopic (exact) mass is 266 g/mol. The Morgan fingerprint density at radius 3 is 3.00 bits per heavy atom. The average Bonchev–Trinajstić information content (AvgIpc) is 2.74. The van der Waals surface area contributed by atoms with Crippen LogP contribution in [0.4, 0.5) is 5.82 Å². The SMILES string of the molecule is CCC(C(O)O)n1cnc2c1NC(N)N=C2N=[N+]=[N-]. The highest BCUT2D eigenvalue weighted by molar-refractivity contribution is 6.03. The van der Waals surface area contributed by atoms with Gasteiger partial charge < -0.3 is 20.1 Å². The molecule has 10 heteroatoms. The molecule has 19 heavy (non-hydrogen) atoms. The van der Waals surface area contributed by atoms with Crippen LogP contribution in [0, 0.1) is 0 Å². The van der Waals surface area contributed by atoms with Crippen LogP contribution in [-0.4, -0.2) is 38.2 Å². The number of aliphatic imine (C=N–C) groups is 1. The van der Waals surface area contributed by atoms with E-state index in [0.29, 0.717) is 17.9 Å². The summed E-state index contributed by atoms with van der Waals surface area (Å²) in [6.45, 7) is 1.81. The summed E-state index contributed by atoms with van der Waals surface area (Å²) in [5.41, 5.74) is 14.5. The van der Waals surface area contributed by atoms with Gasteiger partial charge in [0, 0.05) is 4.91 Å². The molecule has 1 aromatic heterocycles. The van der Waals surface area contributed by atoms with Gasteiger partial charge >= 0.3 is 0 Å². The van der Waals surface area contributed by atoms with E-state index in [-0.39, 0.29) is 5.84 Å². The summed E-state index contributed by atoms with van der Waals surface area (Å²) in [5.74, 6) is 0.523. The van der Waals surface area contributed by atoms with E-state index in [1.54, 1.807) is 4.57 Å². The number of nitrogens with one attached hydrogen (secondary N) is 1. The number of hydrogen-bond donors (Lipinski definition) is 4. The lowest BCUT2D eigenvalue weighted by molar-refractivity contribution is -0.0784. The Labute approximate surface area is 108 Å². The van der Waals surface area contributed by atoms with Crippen molar-refractivity contribution in [1.82, 2.24) is 9.55 Å². The van der Waals surface area contributed by atoms with Gasteiger partial charge in [-0.25, -0.2) is 9.98 Å². The van der Waals surface area contributed by atoms with E-state index in [0.717, 1.165) is 0 Å². The molecule has 0 spiro atoms. The van der Waals surface area contributed by atoms with E-state index in [9.17, 15) is 10.2 Å². The molecule has 1 aliphatic rings. The third-order valence-electron chi connectivity index (χ3n) is 2.81. The van der Waals surface area contributed by atoms with Gasteiger partial charge in [-0.05, 0) is 17.1 Å². The second-order valence-corrected chi connectivity index (χ2v) is 3.97. The Morgan fingerprint density at radius 1 is 1.68 bits per heavy atom. The first kappa shape index (κ1) is 13.3. The predicted molar refractivity (Wildman–Crippen MR) is 67.1 cm³/mol. The molecule has 1 aliphatic heterocycles. The van der Waals surface area contributed by atoms with Crippen molar-refractivity contribution < 1.29 is 10.2 Å². The van der Waals surface area contributed by atoms with Crippen molar-refractivity contribution in [3.05, 3.63) is 22.5 Å². The number of nitrogens with two attached hydrogens (primary N) is 1. The van der Waals surface area contributed by atoms with Crippen LogP contribution in [0.2, 0.25) is 0 Å². The fourth-order valence-electron chi connectivity index (χ4n) is 1.95. The van der Waals surface area contributed by atoms with Crippen molar-refractivity contribution in [3.63, 3.8) is 0 Å². The number of rotatable bonds is 3. The highest BCUT2D eigenvalue weighted by Crippen LogP contribution is 2.27. The van der Waals surface area contributed by atoms with Crippen molar-refractivity contribution in [3.8, 4) is 0 Å². The summed E-state index contributed by atoms with van der Waals surface area (Å²) in [4.78, 5) is 10.7. The van der Waals surface area contributed by atoms with Gasteiger partial charge in [-0.15, -0.1) is 0 Å². The zero-order chi connectivity index (χ0) is 14.0. The Hall–Kier alpha value is -2.13. The van der Waals surface area contributed by atoms with E-state index in [1.165, 1.54) is 6.33 Å². The second-order valence-electron chi connectivity index (χ2n) is 3.97. The number of aliphatic hydroxyl groups is 2. The largest absolute Gasteiger partial charge is 0.366 e. The van der Waals surface area contributed by atoms with Crippen LogP contribution in [-0.2, 0) is 0 Å². The van der Waals surface area contributed by atoms with Crippen molar-refractivity contribution in [1.29, 1.82) is 0 Å². The zero-order valence-corrected chi connectivity index (χ0v) is 10.2. The smallest absolute Gasteiger partial charge is 0.172 e. The van der Waals surface area contributed by atoms with Gasteiger partial charge in [0.05, 0.1) is 12.4 Å². The van der Waals surface area contributed by atoms with Gasteiger partial charge in [-0.2, -0.15) is 0 Å². The molecule has 0 aromatic carbocycles. The first-order valence-corrected chi connectivity index (χ1v) is 5.66. The van der Waals surface area contributed by atoms with Gasteiger partial charge in [-0.1, -0.05) is 6.92 Å². The predicted octanol–water partition coefficient (Wildman–Crippen LogP) is -0.130. The third-order valence-corrected chi connectivity index (χ3v) is 2.81. The summed E-state index contributed by atoms with van der Waals surface area (Å²) >= 11 is 0. The molecule has 102 valence electrons. The molecule has 1 aromatic rings. The maximum Gasteiger partial charge on any atom is 0.172 e. The molecular weight excluding hydrogens is 252 g/mol. The minimum Gasteiger partial charge on any atom is -0.366 e. The standard InChI is InChI=1S/C9H14N8O2/c1-2-4(8(18)19)17-3-12-5-6(15-16-11)13-9(10)14-7(5)17/h3-4,8-9,14,18-19H,2,10H2,1H3. The van der Waals surface area contributed by atoms with Gasteiger partial charge in [0.1, 0.15) is 11.5 Å². The van der Waals surface area contributed by atoms with E-state index in [2.05, 4.69) is 25.3 Å². The molecule has 0 saturated carbocycles. The molecule has 2 rings (SSSR count). The van der Waals surface area contributed by atoms with Crippen LogP contribution in [0.25, 0.3) is 10.4 Å². The average molecular weight is 266 g/mol. The lowest BCUT2D eigenvalue weighted by Crippen LogP contribution is -2.35. The minimum absolute atomic E-state index is 0.0739. The summed E-state index contributed by atoms with van der Waals surface area (Å²) in [7, 11) is 0. The Bertz CT molecular complexity index is 544. The zero-order valence-electron chi connectivity index (χ0n) is 10.2. The third kappa shape index (κ3) is 2.37. The van der Waals surface area contributed by atoms with Crippen molar-refractivity contribution in [2.75, 3.05) is 5.32 Å². The Morgan fingerprint density at radius 2 is 2.42 bits per heavy atom. The van der Waals surface area contributed by atoms with Crippen LogP contribution < -0.4 is 11.1 Å².